The Hall–Kier alpha value is -2.64. The molecule has 0 saturated heterocycles. The van der Waals surface area contributed by atoms with Gasteiger partial charge in [-0.15, -0.1) is 0 Å². The number of aliphatic hydroxyl groups excluding tert-OH is 1. The van der Waals surface area contributed by atoms with E-state index in [1.165, 1.54) is 0 Å². The van der Waals surface area contributed by atoms with Gasteiger partial charge in [0.05, 0.1) is 12.8 Å². The number of aliphatic hydroxyl groups is 1. The third-order valence-corrected chi connectivity index (χ3v) is 4.32. The summed E-state index contributed by atoms with van der Waals surface area (Å²) in [5.74, 6) is 0.848. The maximum absolute atomic E-state index is 9.61. The largest absolute Gasteiger partial charge is 0.392 e. The van der Waals surface area contributed by atoms with Crippen LogP contribution in [0.3, 0.4) is 0 Å². The molecule has 1 aliphatic rings. The summed E-state index contributed by atoms with van der Waals surface area (Å²) in [4.78, 5) is 4.72. The van der Waals surface area contributed by atoms with Crippen LogP contribution in [0.25, 0.3) is 16.8 Å². The molecule has 0 amide bonds. The first kappa shape index (κ1) is 15.9. The molecule has 130 valence electrons. The average Bonchev–Trinajstić information content (AvgIpc) is 3.06. The van der Waals surface area contributed by atoms with Gasteiger partial charge in [0.1, 0.15) is 5.82 Å². The van der Waals surface area contributed by atoms with E-state index in [2.05, 4.69) is 27.1 Å². The van der Waals surface area contributed by atoms with Gasteiger partial charge in [0.15, 0.2) is 5.65 Å². The number of hydrogen-bond acceptors (Lipinski definition) is 6. The van der Waals surface area contributed by atoms with Crippen LogP contribution < -0.4 is 16.0 Å². The van der Waals surface area contributed by atoms with Crippen molar-refractivity contribution >= 4 is 17.2 Å². The summed E-state index contributed by atoms with van der Waals surface area (Å²) in [7, 11) is 0. The maximum Gasteiger partial charge on any atom is 0.165 e. The van der Waals surface area contributed by atoms with Crippen LogP contribution in [-0.2, 0) is 6.61 Å². The Kier molecular flexibility index (Phi) is 4.49. The van der Waals surface area contributed by atoms with Gasteiger partial charge in [0.25, 0.3) is 0 Å². The molecule has 0 radical (unpaired) electrons. The van der Waals surface area contributed by atoms with Crippen LogP contribution in [0.5, 0.6) is 0 Å². The van der Waals surface area contributed by atoms with Crippen molar-refractivity contribution in [3.63, 3.8) is 0 Å². The van der Waals surface area contributed by atoms with Crippen LogP contribution in [0.1, 0.15) is 12.0 Å². The minimum Gasteiger partial charge on any atom is -0.392 e. The molecule has 7 nitrogen and oxygen atoms in total. The first-order valence-electron chi connectivity index (χ1n) is 8.61. The van der Waals surface area contributed by atoms with Crippen LogP contribution >= 0.6 is 0 Å². The van der Waals surface area contributed by atoms with Crippen molar-refractivity contribution in [1.29, 1.82) is 0 Å². The molecule has 0 spiro atoms. The van der Waals surface area contributed by atoms with Gasteiger partial charge in [0, 0.05) is 37.1 Å². The molecule has 3 aromatic rings. The Bertz CT molecular complexity index is 875. The number of anilines is 2. The summed E-state index contributed by atoms with van der Waals surface area (Å²) in [6, 6.07) is 7.98. The van der Waals surface area contributed by atoms with Crippen molar-refractivity contribution < 1.29 is 5.11 Å². The highest BCUT2D eigenvalue weighted by Crippen LogP contribution is 2.28. The number of rotatable bonds is 1. The van der Waals surface area contributed by atoms with Gasteiger partial charge in [-0.2, -0.15) is 5.10 Å². The average molecular weight is 338 g/mol. The Morgan fingerprint density at radius 1 is 1.08 bits per heavy atom. The van der Waals surface area contributed by atoms with E-state index >= 15 is 0 Å². The second kappa shape index (κ2) is 7.08. The number of hydrogen-bond donors (Lipinski definition) is 4. The molecule has 0 saturated carbocycles. The molecule has 1 aliphatic heterocycles. The van der Waals surface area contributed by atoms with Gasteiger partial charge < -0.3 is 21.1 Å². The molecule has 3 heterocycles. The lowest BCUT2D eigenvalue weighted by Gasteiger charge is -2.11. The first-order chi connectivity index (χ1) is 12.3. The van der Waals surface area contributed by atoms with E-state index < -0.39 is 0 Å². The molecule has 4 rings (SSSR count). The zero-order valence-corrected chi connectivity index (χ0v) is 14.0. The van der Waals surface area contributed by atoms with Crippen molar-refractivity contribution in [3.05, 3.63) is 42.2 Å². The van der Waals surface area contributed by atoms with Crippen LogP contribution in [-0.4, -0.2) is 45.9 Å². The number of benzene rings is 1. The normalized spacial score (nSPS) is 15.2. The highest BCUT2D eigenvalue weighted by atomic mass is 16.3. The Morgan fingerprint density at radius 2 is 2.04 bits per heavy atom. The predicted molar refractivity (Wildman–Crippen MR) is 98.8 cm³/mol. The highest BCUT2D eigenvalue weighted by molar-refractivity contribution is 5.80. The molecule has 0 atom stereocenters. The van der Waals surface area contributed by atoms with E-state index in [4.69, 9.17) is 4.98 Å². The van der Waals surface area contributed by atoms with Gasteiger partial charge in [-0.1, -0.05) is 0 Å². The molecule has 0 aliphatic carbocycles. The Labute approximate surface area is 146 Å². The lowest BCUT2D eigenvalue weighted by Crippen LogP contribution is -2.24. The zero-order chi connectivity index (χ0) is 17.1. The van der Waals surface area contributed by atoms with Crippen molar-refractivity contribution in [1.82, 2.24) is 19.9 Å². The van der Waals surface area contributed by atoms with Gasteiger partial charge in [-0.05, 0) is 48.4 Å². The summed E-state index contributed by atoms with van der Waals surface area (Å²) in [5, 5.41) is 24.2. The molecule has 2 aromatic heterocycles. The fourth-order valence-corrected chi connectivity index (χ4v) is 3.06. The van der Waals surface area contributed by atoms with Crippen LogP contribution in [0.4, 0.5) is 11.5 Å². The second-order valence-corrected chi connectivity index (χ2v) is 6.17. The molecular formula is C18H22N6O. The Balaban J connectivity index is 1.82. The molecule has 1 aromatic carbocycles. The van der Waals surface area contributed by atoms with E-state index in [-0.39, 0.29) is 6.61 Å². The molecule has 4 N–H and O–H groups in total. The molecule has 0 unspecified atom stereocenters. The van der Waals surface area contributed by atoms with Gasteiger partial charge in [-0.25, -0.2) is 9.50 Å². The minimum atomic E-state index is 0.000215. The number of nitrogens with one attached hydrogen (secondary N) is 3. The monoisotopic (exact) mass is 338 g/mol. The van der Waals surface area contributed by atoms with Crippen molar-refractivity contribution in [3.8, 4) is 11.1 Å². The van der Waals surface area contributed by atoms with Crippen molar-refractivity contribution in [2.75, 3.05) is 36.8 Å². The fourth-order valence-electron chi connectivity index (χ4n) is 3.06. The third-order valence-electron chi connectivity index (χ3n) is 4.32. The summed E-state index contributed by atoms with van der Waals surface area (Å²) in [6.45, 7) is 3.55. The smallest absolute Gasteiger partial charge is 0.165 e. The zero-order valence-electron chi connectivity index (χ0n) is 14.0. The highest BCUT2D eigenvalue weighted by Gasteiger charge is 2.11. The van der Waals surface area contributed by atoms with E-state index in [0.29, 0.717) is 0 Å². The van der Waals surface area contributed by atoms with Gasteiger partial charge >= 0.3 is 0 Å². The molecule has 7 heteroatoms. The SMILES string of the molecule is OCc1cc2cc(c1)-c1cnn3ccc(nc13)NCCCNCCN2. The first-order valence-corrected chi connectivity index (χ1v) is 8.61. The van der Waals surface area contributed by atoms with E-state index in [9.17, 15) is 5.11 Å². The molecular weight excluding hydrogens is 316 g/mol. The number of nitrogens with zero attached hydrogens (tertiary/aromatic N) is 3. The van der Waals surface area contributed by atoms with Gasteiger partial charge in [-0.3, -0.25) is 0 Å². The summed E-state index contributed by atoms with van der Waals surface area (Å²) < 4.78 is 1.78. The second-order valence-electron chi connectivity index (χ2n) is 6.17. The summed E-state index contributed by atoms with van der Waals surface area (Å²) in [5.41, 5.74) is 4.61. The molecule has 4 bridgehead atoms. The quantitative estimate of drug-likeness (QED) is 0.540. The third kappa shape index (κ3) is 3.42. The van der Waals surface area contributed by atoms with Crippen molar-refractivity contribution in [2.45, 2.75) is 13.0 Å². The van der Waals surface area contributed by atoms with Gasteiger partial charge in [0.2, 0.25) is 0 Å². The fraction of sp³-hybridized carbons (Fsp3) is 0.333. The van der Waals surface area contributed by atoms with E-state index in [1.807, 2.05) is 30.6 Å². The van der Waals surface area contributed by atoms with Crippen LogP contribution in [0, 0.1) is 0 Å². The lowest BCUT2D eigenvalue weighted by molar-refractivity contribution is 0.282. The van der Waals surface area contributed by atoms with E-state index in [0.717, 1.165) is 66.4 Å². The predicted octanol–water partition coefficient (Wildman–Crippen LogP) is 1.71. The van der Waals surface area contributed by atoms with E-state index in [1.54, 1.807) is 4.52 Å². The standard InChI is InChI=1S/C18H22N6O/c25-12-13-8-14-10-15(9-13)20-6-5-19-3-1-4-21-17-2-7-24-18(23-17)16(14)11-22-24/h2,7-11,19-20,25H,1,3-6,12H2,(H,21,23). The molecule has 25 heavy (non-hydrogen) atoms. The molecule has 0 fully saturated rings. The number of aromatic nitrogens is 3. The van der Waals surface area contributed by atoms with Crippen LogP contribution in [0.15, 0.2) is 36.7 Å². The minimum absolute atomic E-state index is 0.000215. The summed E-state index contributed by atoms with van der Waals surface area (Å²) >= 11 is 0. The Morgan fingerprint density at radius 3 is 2.96 bits per heavy atom. The lowest BCUT2D eigenvalue weighted by atomic mass is 10.0. The van der Waals surface area contributed by atoms with Crippen LogP contribution in [0.2, 0.25) is 0 Å². The number of fused-ring (bicyclic) bond motifs is 4. The topological polar surface area (TPSA) is 86.5 Å². The summed E-state index contributed by atoms with van der Waals surface area (Å²) in [6.07, 6.45) is 4.77. The maximum atomic E-state index is 9.61. The van der Waals surface area contributed by atoms with Crippen molar-refractivity contribution in [2.24, 2.45) is 0 Å².